The molecule has 0 amide bonds. The molecule has 0 N–H and O–H groups in total. The van der Waals surface area contributed by atoms with Crippen LogP contribution in [0.25, 0.3) is 0 Å². The standard InChI is InChI=1S/C39H74/c1-16-30-36(26-11)31(15,17-2)38(28-13)33(20-5,21-6)37(30,27-12)34(22-7,23-8)39(29-14,32(36,18-3)19-4)35(38,24-9)25-10/h30H,16-29H2,1-15H3/t30-,31?,36?,37+,38-,39?/m0/s1. The van der Waals surface area contributed by atoms with Gasteiger partial charge >= 0.3 is 0 Å². The summed E-state index contributed by atoms with van der Waals surface area (Å²) in [5.41, 5.74) is 3.29. The first-order valence-corrected chi connectivity index (χ1v) is 18.5. The van der Waals surface area contributed by atoms with E-state index < -0.39 is 0 Å². The van der Waals surface area contributed by atoms with E-state index in [9.17, 15) is 0 Å². The quantitative estimate of drug-likeness (QED) is 0.205. The lowest BCUT2D eigenvalue weighted by Crippen LogP contribution is -2.96. The van der Waals surface area contributed by atoms with Crippen LogP contribution in [-0.2, 0) is 0 Å². The van der Waals surface area contributed by atoms with Gasteiger partial charge in [-0.25, -0.2) is 0 Å². The van der Waals surface area contributed by atoms with Crippen molar-refractivity contribution in [1.82, 2.24) is 0 Å². The Kier molecular flexibility index (Phi) is 8.86. The van der Waals surface area contributed by atoms with Crippen molar-refractivity contribution in [3.8, 4) is 0 Å². The summed E-state index contributed by atoms with van der Waals surface area (Å²) in [5.74, 6) is 0.802. The van der Waals surface area contributed by atoms with Crippen LogP contribution in [0.4, 0.5) is 0 Å². The fraction of sp³-hybridized carbons (Fsp3) is 1.00. The summed E-state index contributed by atoms with van der Waals surface area (Å²) in [6, 6.07) is 0. The van der Waals surface area contributed by atoms with Gasteiger partial charge in [0.1, 0.15) is 0 Å². The Hall–Kier alpha value is 0. The molecule has 4 bridgehead atoms. The second kappa shape index (κ2) is 10.3. The molecule has 39 heavy (non-hydrogen) atoms. The molecule has 4 aliphatic rings. The monoisotopic (exact) mass is 543 g/mol. The lowest BCUT2D eigenvalue weighted by molar-refractivity contribution is -0.542. The van der Waals surface area contributed by atoms with Crippen LogP contribution in [0.5, 0.6) is 0 Å². The van der Waals surface area contributed by atoms with Crippen LogP contribution in [0.3, 0.4) is 0 Å². The van der Waals surface area contributed by atoms with Crippen LogP contribution < -0.4 is 0 Å². The fourth-order valence-corrected chi connectivity index (χ4v) is 18.8. The topological polar surface area (TPSA) is 0 Å². The van der Waals surface area contributed by atoms with Crippen molar-refractivity contribution in [3.63, 3.8) is 0 Å². The zero-order chi connectivity index (χ0) is 30.0. The van der Waals surface area contributed by atoms with Gasteiger partial charge in [-0.05, 0) is 138 Å². The van der Waals surface area contributed by atoms with Crippen molar-refractivity contribution in [2.24, 2.45) is 54.7 Å². The maximum absolute atomic E-state index is 2.92. The lowest BCUT2D eigenvalue weighted by Gasteiger charge is -3.01. The summed E-state index contributed by atoms with van der Waals surface area (Å²) < 4.78 is 0. The van der Waals surface area contributed by atoms with Gasteiger partial charge in [-0.2, -0.15) is 0 Å². The molecule has 0 aromatic rings. The summed E-state index contributed by atoms with van der Waals surface area (Å²) in [5, 5.41) is 0. The van der Waals surface area contributed by atoms with E-state index in [4.69, 9.17) is 0 Å². The highest BCUT2D eigenvalue weighted by molar-refractivity contribution is 5.46. The van der Waals surface area contributed by atoms with Crippen molar-refractivity contribution in [3.05, 3.63) is 0 Å². The highest BCUT2D eigenvalue weighted by atomic mass is 15.0. The molecule has 3 unspecified atom stereocenters. The van der Waals surface area contributed by atoms with Gasteiger partial charge in [-0.15, -0.1) is 0 Å². The SMILES string of the molecule is CC[C@H]1C2(CC)C(CC)(CC)C3(CC)C(CC)(CC)[C@@]1(CC)C(CC)(CC)[C@](CC)(C2(C)CC)C3(CC)CC. The van der Waals surface area contributed by atoms with Crippen LogP contribution in [0.2, 0.25) is 0 Å². The minimum absolute atomic E-state index is 0.333. The molecule has 230 valence electrons. The van der Waals surface area contributed by atoms with Crippen molar-refractivity contribution in [2.75, 3.05) is 0 Å². The van der Waals surface area contributed by atoms with E-state index in [0.29, 0.717) is 48.7 Å². The Morgan fingerprint density at radius 2 is 0.667 bits per heavy atom. The summed E-state index contributed by atoms with van der Waals surface area (Å²) in [6.45, 7) is 40.3. The first kappa shape index (κ1) is 33.5. The van der Waals surface area contributed by atoms with E-state index in [1.807, 2.05) is 0 Å². The van der Waals surface area contributed by atoms with E-state index in [-0.39, 0.29) is 0 Å². The third kappa shape index (κ3) is 2.41. The Bertz CT molecular complexity index is 843. The van der Waals surface area contributed by atoms with Gasteiger partial charge in [0.25, 0.3) is 0 Å². The average Bonchev–Trinajstić information content (AvgIpc) is 2.98. The Morgan fingerprint density at radius 3 is 0.923 bits per heavy atom. The molecule has 0 nitrogen and oxygen atoms in total. The van der Waals surface area contributed by atoms with Crippen LogP contribution in [-0.4, -0.2) is 0 Å². The van der Waals surface area contributed by atoms with Crippen molar-refractivity contribution < 1.29 is 0 Å². The predicted molar refractivity (Wildman–Crippen MR) is 175 cm³/mol. The van der Waals surface area contributed by atoms with Gasteiger partial charge < -0.3 is 0 Å². The van der Waals surface area contributed by atoms with Crippen molar-refractivity contribution in [1.29, 1.82) is 0 Å². The molecule has 0 heteroatoms. The number of rotatable bonds is 14. The first-order valence-electron chi connectivity index (χ1n) is 18.5. The molecule has 0 aliphatic heterocycles. The first-order chi connectivity index (χ1) is 18.5. The van der Waals surface area contributed by atoms with E-state index in [1.165, 1.54) is 89.9 Å². The molecule has 4 saturated carbocycles. The van der Waals surface area contributed by atoms with Gasteiger partial charge in [0.2, 0.25) is 0 Å². The number of hydrogen-bond acceptors (Lipinski definition) is 0. The smallest absolute Gasteiger partial charge is 0.0114 e. The van der Waals surface area contributed by atoms with Crippen LogP contribution in [0.15, 0.2) is 0 Å². The fourth-order valence-electron chi connectivity index (χ4n) is 18.8. The third-order valence-corrected chi connectivity index (χ3v) is 17.9. The second-order valence-corrected chi connectivity index (χ2v) is 15.0. The molecule has 4 fully saturated rings. The summed E-state index contributed by atoms with van der Waals surface area (Å²) in [6.07, 6.45) is 19.2. The van der Waals surface area contributed by atoms with Gasteiger partial charge in [0.05, 0.1) is 0 Å². The molecule has 4 rings (SSSR count). The van der Waals surface area contributed by atoms with E-state index in [0.717, 1.165) is 5.92 Å². The largest absolute Gasteiger partial charge is 0.0651 e. The van der Waals surface area contributed by atoms with Crippen LogP contribution in [0, 0.1) is 54.7 Å². The van der Waals surface area contributed by atoms with Gasteiger partial charge in [-0.3, -0.25) is 0 Å². The maximum Gasteiger partial charge on any atom is -0.0114 e. The molecule has 6 atom stereocenters. The molecule has 0 aromatic carbocycles. The number of hydrogen-bond donors (Lipinski definition) is 0. The summed E-state index contributed by atoms with van der Waals surface area (Å²) in [4.78, 5) is 0. The van der Waals surface area contributed by atoms with Crippen molar-refractivity contribution >= 4 is 0 Å². The molecule has 0 heterocycles. The molecule has 0 spiro atoms. The van der Waals surface area contributed by atoms with E-state index in [2.05, 4.69) is 104 Å². The minimum Gasteiger partial charge on any atom is -0.0651 e. The molecule has 0 radical (unpaired) electrons. The van der Waals surface area contributed by atoms with E-state index >= 15 is 0 Å². The average molecular weight is 543 g/mol. The molecule has 0 saturated heterocycles. The highest BCUT2D eigenvalue weighted by Gasteiger charge is 2.99. The molecular formula is C39H74. The zero-order valence-electron chi connectivity index (χ0n) is 30.0. The predicted octanol–water partition coefficient (Wildman–Crippen LogP) is 13.3. The van der Waals surface area contributed by atoms with Gasteiger partial charge in [0.15, 0.2) is 0 Å². The maximum atomic E-state index is 2.92. The minimum atomic E-state index is 0.333. The Balaban J connectivity index is 3.02. The normalized spacial score (nSPS) is 42.7. The Morgan fingerprint density at radius 1 is 0.333 bits per heavy atom. The van der Waals surface area contributed by atoms with E-state index in [1.54, 1.807) is 0 Å². The lowest BCUT2D eigenvalue weighted by atomic mass is 9.02. The molecular weight excluding hydrogens is 468 g/mol. The molecule has 0 aromatic heterocycles. The van der Waals surface area contributed by atoms with Crippen LogP contribution in [0.1, 0.15) is 194 Å². The summed E-state index contributed by atoms with van der Waals surface area (Å²) >= 11 is 0. The molecule has 4 aliphatic carbocycles. The van der Waals surface area contributed by atoms with Crippen LogP contribution >= 0.6 is 0 Å². The van der Waals surface area contributed by atoms with Gasteiger partial charge in [0, 0.05) is 0 Å². The van der Waals surface area contributed by atoms with Gasteiger partial charge in [-0.1, -0.05) is 110 Å². The second-order valence-electron chi connectivity index (χ2n) is 15.0. The highest BCUT2D eigenvalue weighted by Crippen LogP contribution is 3.04. The Labute approximate surface area is 248 Å². The zero-order valence-corrected chi connectivity index (χ0v) is 30.0. The third-order valence-electron chi connectivity index (χ3n) is 17.9. The summed E-state index contributed by atoms with van der Waals surface area (Å²) in [7, 11) is 0. The van der Waals surface area contributed by atoms with Crippen molar-refractivity contribution in [2.45, 2.75) is 194 Å².